The van der Waals surface area contributed by atoms with Gasteiger partial charge in [-0.1, -0.05) is 6.07 Å². The summed E-state index contributed by atoms with van der Waals surface area (Å²) < 4.78 is 9.55. The first-order valence-corrected chi connectivity index (χ1v) is 7.62. The number of hydrogen-bond acceptors (Lipinski definition) is 6. The van der Waals surface area contributed by atoms with E-state index < -0.39 is 0 Å². The highest BCUT2D eigenvalue weighted by molar-refractivity contribution is 7.99. The van der Waals surface area contributed by atoms with E-state index in [0.29, 0.717) is 30.9 Å². The smallest absolute Gasteiger partial charge is 0.306 e. The Bertz CT molecular complexity index is 500. The van der Waals surface area contributed by atoms with Crippen molar-refractivity contribution in [3.63, 3.8) is 0 Å². The number of nitrogens with zero attached hydrogens (tertiary/aromatic N) is 1. The second-order valence-electron chi connectivity index (χ2n) is 4.29. The lowest BCUT2D eigenvalue weighted by molar-refractivity contribution is -0.140. The van der Waals surface area contributed by atoms with E-state index in [1.165, 1.54) is 18.9 Å². The summed E-state index contributed by atoms with van der Waals surface area (Å²) in [6, 6.07) is 7.99. The van der Waals surface area contributed by atoms with Gasteiger partial charge in [0.05, 0.1) is 25.7 Å². The summed E-state index contributed by atoms with van der Waals surface area (Å²) in [7, 11) is 3.04. The largest absolute Gasteiger partial charge is 0.469 e. The molecule has 0 bridgehead atoms. The van der Waals surface area contributed by atoms with E-state index in [1.807, 2.05) is 18.2 Å². The van der Waals surface area contributed by atoms with Gasteiger partial charge in [0.2, 0.25) is 0 Å². The Kier molecular flexibility index (Phi) is 8.51. The fourth-order valence-corrected chi connectivity index (χ4v) is 2.57. The third kappa shape index (κ3) is 6.63. The zero-order valence-electron chi connectivity index (χ0n) is 12.3. The summed E-state index contributed by atoms with van der Waals surface area (Å²) in [4.78, 5) is 12.0. The Morgan fingerprint density at radius 1 is 1.43 bits per heavy atom. The highest BCUT2D eigenvalue weighted by atomic mass is 32.2. The van der Waals surface area contributed by atoms with Crippen molar-refractivity contribution in [2.45, 2.75) is 17.9 Å². The second-order valence-corrected chi connectivity index (χ2v) is 5.42. The highest BCUT2D eigenvalue weighted by Gasteiger charge is 2.06. The molecule has 1 aromatic carbocycles. The number of benzene rings is 1. The van der Waals surface area contributed by atoms with Crippen LogP contribution in [0.2, 0.25) is 0 Å². The minimum atomic E-state index is -0.236. The highest BCUT2D eigenvalue weighted by Crippen LogP contribution is 2.24. The van der Waals surface area contributed by atoms with Crippen LogP contribution in [0.5, 0.6) is 0 Å². The van der Waals surface area contributed by atoms with E-state index in [1.54, 1.807) is 7.11 Å². The van der Waals surface area contributed by atoms with E-state index in [-0.39, 0.29) is 5.97 Å². The van der Waals surface area contributed by atoms with Crippen molar-refractivity contribution in [1.29, 1.82) is 5.26 Å². The molecule has 0 atom stereocenters. The number of nitriles is 1. The molecule has 1 rings (SSSR count). The summed E-state index contributed by atoms with van der Waals surface area (Å²) in [6.07, 6.45) is 0.340. The first-order chi connectivity index (χ1) is 10.2. The first kappa shape index (κ1) is 17.5. The van der Waals surface area contributed by atoms with Gasteiger partial charge in [0.15, 0.2) is 0 Å². The van der Waals surface area contributed by atoms with Crippen molar-refractivity contribution >= 4 is 17.7 Å². The van der Waals surface area contributed by atoms with Crippen LogP contribution in [-0.2, 0) is 20.8 Å². The average molecular weight is 308 g/mol. The maximum absolute atomic E-state index is 11.1. The van der Waals surface area contributed by atoms with Crippen molar-refractivity contribution < 1.29 is 14.3 Å². The molecule has 0 heterocycles. The summed E-state index contributed by atoms with van der Waals surface area (Å²) >= 11 is 1.49. The molecule has 114 valence electrons. The molecule has 0 saturated heterocycles. The molecule has 0 aromatic heterocycles. The fraction of sp³-hybridized carbons (Fsp3) is 0.467. The van der Waals surface area contributed by atoms with Crippen molar-refractivity contribution in [2.75, 3.05) is 33.1 Å². The van der Waals surface area contributed by atoms with Gasteiger partial charge in [-0.2, -0.15) is 5.26 Å². The summed E-state index contributed by atoms with van der Waals surface area (Å²) in [5.41, 5.74) is 1.69. The molecular formula is C15H20N2O3S. The van der Waals surface area contributed by atoms with E-state index in [4.69, 9.17) is 4.74 Å². The quantitative estimate of drug-likeness (QED) is 0.427. The van der Waals surface area contributed by atoms with Gasteiger partial charge in [-0.15, -0.1) is 11.8 Å². The molecule has 0 radical (unpaired) electrons. The van der Waals surface area contributed by atoms with Crippen LogP contribution in [0.25, 0.3) is 0 Å². The molecule has 0 aliphatic carbocycles. The number of thioether (sulfide) groups is 1. The standard InChI is InChI=1S/C15H20N2O3S/c1-19-7-6-17-11-12-3-4-14(13(9-12)10-16)21-8-5-15(18)20-2/h3-4,9,17H,5-8,11H2,1-2H3. The predicted octanol–water partition coefficient (Wildman–Crippen LogP) is 1.95. The number of carbonyl (C=O) groups excluding carboxylic acids is 1. The molecule has 21 heavy (non-hydrogen) atoms. The molecule has 0 spiro atoms. The summed E-state index contributed by atoms with van der Waals surface area (Å²) in [5, 5.41) is 12.4. The molecule has 0 unspecified atom stereocenters. The third-order valence-corrected chi connectivity index (χ3v) is 3.84. The van der Waals surface area contributed by atoms with Crippen LogP contribution in [0, 0.1) is 11.3 Å². The Balaban J connectivity index is 2.54. The van der Waals surface area contributed by atoms with Crippen LogP contribution in [0.1, 0.15) is 17.5 Å². The number of esters is 1. The Hall–Kier alpha value is -1.55. The number of nitrogens with one attached hydrogen (secondary N) is 1. The third-order valence-electron chi connectivity index (χ3n) is 2.77. The average Bonchev–Trinajstić information content (AvgIpc) is 2.52. The molecule has 1 N–H and O–H groups in total. The van der Waals surface area contributed by atoms with E-state index in [0.717, 1.165) is 17.0 Å². The van der Waals surface area contributed by atoms with Gasteiger partial charge in [0.25, 0.3) is 0 Å². The first-order valence-electron chi connectivity index (χ1n) is 6.63. The predicted molar refractivity (Wildman–Crippen MR) is 82.1 cm³/mol. The molecule has 6 heteroatoms. The lowest BCUT2D eigenvalue weighted by Crippen LogP contribution is -2.18. The molecule has 0 aliphatic rings. The van der Waals surface area contributed by atoms with Gasteiger partial charge in [0, 0.05) is 30.8 Å². The Morgan fingerprint density at radius 3 is 2.90 bits per heavy atom. The summed E-state index contributed by atoms with van der Waals surface area (Å²) in [5.74, 6) is 0.368. The zero-order chi connectivity index (χ0) is 15.5. The Morgan fingerprint density at radius 2 is 2.24 bits per heavy atom. The SMILES string of the molecule is COCCNCc1ccc(SCCC(=O)OC)c(C#N)c1. The molecule has 0 saturated carbocycles. The molecule has 0 fully saturated rings. The topological polar surface area (TPSA) is 71.3 Å². The number of methoxy groups -OCH3 is 2. The van der Waals surface area contributed by atoms with Gasteiger partial charge < -0.3 is 14.8 Å². The molecule has 0 amide bonds. The lowest BCUT2D eigenvalue weighted by Gasteiger charge is -2.08. The van der Waals surface area contributed by atoms with Gasteiger partial charge in [-0.25, -0.2) is 0 Å². The van der Waals surface area contributed by atoms with E-state index in [2.05, 4.69) is 16.1 Å². The number of ether oxygens (including phenoxy) is 2. The van der Waals surface area contributed by atoms with Crippen LogP contribution < -0.4 is 5.32 Å². The summed E-state index contributed by atoms with van der Waals surface area (Å²) in [6.45, 7) is 2.13. The monoisotopic (exact) mass is 308 g/mol. The van der Waals surface area contributed by atoms with E-state index >= 15 is 0 Å². The van der Waals surface area contributed by atoms with Crippen LogP contribution in [0.3, 0.4) is 0 Å². The van der Waals surface area contributed by atoms with Crippen molar-refractivity contribution in [3.05, 3.63) is 29.3 Å². The molecule has 5 nitrogen and oxygen atoms in total. The maximum atomic E-state index is 11.1. The minimum Gasteiger partial charge on any atom is -0.469 e. The number of carbonyl (C=O) groups is 1. The van der Waals surface area contributed by atoms with Gasteiger partial charge in [0.1, 0.15) is 6.07 Å². The zero-order valence-corrected chi connectivity index (χ0v) is 13.2. The van der Waals surface area contributed by atoms with E-state index in [9.17, 15) is 10.1 Å². The molecule has 1 aromatic rings. The van der Waals surface area contributed by atoms with Crippen LogP contribution in [-0.4, -0.2) is 39.1 Å². The van der Waals surface area contributed by atoms with Crippen molar-refractivity contribution in [3.8, 4) is 6.07 Å². The normalized spacial score (nSPS) is 10.1. The lowest BCUT2D eigenvalue weighted by atomic mass is 10.1. The Labute approximate surface area is 129 Å². The van der Waals surface area contributed by atoms with Crippen molar-refractivity contribution in [1.82, 2.24) is 5.32 Å². The number of rotatable bonds is 9. The van der Waals surface area contributed by atoms with Crippen LogP contribution in [0.4, 0.5) is 0 Å². The maximum Gasteiger partial charge on any atom is 0.306 e. The van der Waals surface area contributed by atoms with Crippen LogP contribution >= 0.6 is 11.8 Å². The van der Waals surface area contributed by atoms with Gasteiger partial charge in [-0.05, 0) is 17.7 Å². The van der Waals surface area contributed by atoms with Gasteiger partial charge in [-0.3, -0.25) is 4.79 Å². The molecular weight excluding hydrogens is 288 g/mol. The minimum absolute atomic E-state index is 0.236. The van der Waals surface area contributed by atoms with Gasteiger partial charge >= 0.3 is 5.97 Å². The number of hydrogen-bond donors (Lipinski definition) is 1. The van der Waals surface area contributed by atoms with Crippen LogP contribution in [0.15, 0.2) is 23.1 Å². The van der Waals surface area contributed by atoms with Crippen molar-refractivity contribution in [2.24, 2.45) is 0 Å². The second kappa shape index (κ2) is 10.2. The fourth-order valence-electron chi connectivity index (χ4n) is 1.65. The molecule has 0 aliphatic heterocycles.